The first kappa shape index (κ1) is 14.5. The lowest BCUT2D eigenvalue weighted by atomic mass is 10.1. The monoisotopic (exact) mass is 281 g/mol. The van der Waals surface area contributed by atoms with Crippen LogP contribution in [0.2, 0.25) is 0 Å². The van der Waals surface area contributed by atoms with Gasteiger partial charge in [-0.25, -0.2) is 0 Å². The molecule has 0 aliphatic heterocycles. The Morgan fingerprint density at radius 1 is 1.10 bits per heavy atom. The Balaban J connectivity index is 2.07. The summed E-state index contributed by atoms with van der Waals surface area (Å²) < 4.78 is 0. The normalized spacial score (nSPS) is 10.5. The fourth-order valence-corrected chi connectivity index (χ4v) is 1.81. The molecule has 0 aliphatic carbocycles. The second-order valence-electron chi connectivity index (χ2n) is 4.55. The van der Waals surface area contributed by atoms with E-state index < -0.39 is 0 Å². The number of benzene rings is 2. The number of phenolic OH excluding ortho intramolecular Hbond substituents is 1. The van der Waals surface area contributed by atoms with Crippen LogP contribution < -0.4 is 5.32 Å². The van der Waals surface area contributed by atoms with Crippen molar-refractivity contribution in [2.24, 2.45) is 0 Å². The number of anilines is 1. The highest BCUT2D eigenvalue weighted by Crippen LogP contribution is 2.14. The van der Waals surface area contributed by atoms with Gasteiger partial charge < -0.3 is 10.4 Å². The molecular weight excluding hydrogens is 266 g/mol. The minimum Gasteiger partial charge on any atom is -0.508 e. The van der Waals surface area contributed by atoms with Gasteiger partial charge in [0.2, 0.25) is 5.91 Å². The average Bonchev–Trinajstić information content (AvgIpc) is 2.45. The summed E-state index contributed by atoms with van der Waals surface area (Å²) >= 11 is 0. The van der Waals surface area contributed by atoms with E-state index >= 15 is 0 Å². The molecular formula is C17H15NO3. The topological polar surface area (TPSA) is 66.4 Å². The van der Waals surface area contributed by atoms with E-state index in [-0.39, 0.29) is 17.4 Å². The average molecular weight is 281 g/mol. The summed E-state index contributed by atoms with van der Waals surface area (Å²) in [6.07, 6.45) is 3.13. The quantitative estimate of drug-likeness (QED) is 0.668. The summed E-state index contributed by atoms with van der Waals surface area (Å²) in [5.74, 6) is -0.247. The Labute approximate surface area is 122 Å². The molecule has 2 rings (SSSR count). The Morgan fingerprint density at radius 2 is 1.81 bits per heavy atom. The molecule has 1 amide bonds. The van der Waals surface area contributed by atoms with Crippen molar-refractivity contribution in [2.75, 3.05) is 5.32 Å². The van der Waals surface area contributed by atoms with E-state index in [2.05, 4.69) is 5.32 Å². The minimum absolute atomic E-state index is 0.0638. The molecule has 0 atom stereocenters. The van der Waals surface area contributed by atoms with Crippen molar-refractivity contribution in [3.05, 3.63) is 65.7 Å². The molecule has 0 bridgehead atoms. The molecule has 0 aliphatic rings. The van der Waals surface area contributed by atoms with Crippen LogP contribution in [-0.2, 0) is 4.79 Å². The predicted octanol–water partition coefficient (Wildman–Crippen LogP) is 3.25. The number of nitrogens with one attached hydrogen (secondary N) is 1. The standard InChI is InChI=1S/C17H15NO3/c1-12(19)18-15-8-5-13(6-9-15)7-10-17(21)14-3-2-4-16(20)11-14/h2-11,20H,1H3,(H,18,19)/b10-7+. The molecule has 21 heavy (non-hydrogen) atoms. The van der Waals surface area contributed by atoms with E-state index in [1.165, 1.54) is 25.1 Å². The molecule has 0 unspecified atom stereocenters. The first-order chi connectivity index (χ1) is 10.0. The summed E-state index contributed by atoms with van der Waals surface area (Å²) in [6, 6.07) is 13.3. The summed E-state index contributed by atoms with van der Waals surface area (Å²) in [4.78, 5) is 22.8. The van der Waals surface area contributed by atoms with Gasteiger partial charge in [-0.3, -0.25) is 9.59 Å². The van der Waals surface area contributed by atoms with Crippen molar-refractivity contribution in [1.29, 1.82) is 0 Å². The van der Waals surface area contributed by atoms with Gasteiger partial charge in [-0.2, -0.15) is 0 Å². The van der Waals surface area contributed by atoms with Crippen LogP contribution >= 0.6 is 0 Å². The van der Waals surface area contributed by atoms with Gasteiger partial charge in [0.1, 0.15) is 5.75 Å². The first-order valence-electron chi connectivity index (χ1n) is 6.44. The van der Waals surface area contributed by atoms with Crippen LogP contribution in [0.5, 0.6) is 5.75 Å². The number of rotatable bonds is 4. The smallest absolute Gasteiger partial charge is 0.221 e. The molecule has 0 heterocycles. The first-order valence-corrected chi connectivity index (χ1v) is 6.44. The second-order valence-corrected chi connectivity index (χ2v) is 4.55. The number of aromatic hydroxyl groups is 1. The maximum Gasteiger partial charge on any atom is 0.221 e. The van der Waals surface area contributed by atoms with Gasteiger partial charge in [0, 0.05) is 18.2 Å². The fourth-order valence-electron chi connectivity index (χ4n) is 1.81. The van der Waals surface area contributed by atoms with Crippen molar-refractivity contribution < 1.29 is 14.7 Å². The summed E-state index contributed by atoms with van der Waals surface area (Å²) in [6.45, 7) is 1.45. The van der Waals surface area contributed by atoms with Gasteiger partial charge in [-0.1, -0.05) is 30.3 Å². The predicted molar refractivity (Wildman–Crippen MR) is 82.2 cm³/mol. The molecule has 0 saturated carbocycles. The number of phenols is 1. The van der Waals surface area contributed by atoms with Crippen LogP contribution in [0.25, 0.3) is 6.08 Å². The number of amides is 1. The molecule has 0 radical (unpaired) electrons. The van der Waals surface area contributed by atoms with Crippen LogP contribution in [0.3, 0.4) is 0 Å². The zero-order valence-corrected chi connectivity index (χ0v) is 11.5. The third-order valence-electron chi connectivity index (χ3n) is 2.79. The van der Waals surface area contributed by atoms with Gasteiger partial charge in [-0.15, -0.1) is 0 Å². The highest BCUT2D eigenvalue weighted by atomic mass is 16.3. The minimum atomic E-state index is -0.183. The number of carbonyl (C=O) groups is 2. The maximum atomic E-state index is 11.9. The van der Waals surface area contributed by atoms with E-state index in [0.717, 1.165) is 5.56 Å². The number of allylic oxidation sites excluding steroid dienone is 1. The van der Waals surface area contributed by atoms with Gasteiger partial charge in [0.05, 0.1) is 0 Å². The van der Waals surface area contributed by atoms with Gasteiger partial charge in [0.15, 0.2) is 5.78 Å². The number of carbonyl (C=O) groups excluding carboxylic acids is 2. The largest absolute Gasteiger partial charge is 0.508 e. The molecule has 2 aromatic carbocycles. The molecule has 2 N–H and O–H groups in total. The Hall–Kier alpha value is -2.88. The molecule has 0 saturated heterocycles. The third-order valence-corrected chi connectivity index (χ3v) is 2.79. The van der Waals surface area contributed by atoms with E-state index in [1.807, 2.05) is 0 Å². The maximum absolute atomic E-state index is 11.9. The van der Waals surface area contributed by atoms with Crippen LogP contribution in [0.4, 0.5) is 5.69 Å². The highest BCUT2D eigenvalue weighted by molar-refractivity contribution is 6.07. The Bertz CT molecular complexity index is 687. The van der Waals surface area contributed by atoms with Crippen molar-refractivity contribution in [3.63, 3.8) is 0 Å². The van der Waals surface area contributed by atoms with Crippen LogP contribution in [-0.4, -0.2) is 16.8 Å². The van der Waals surface area contributed by atoms with Crippen molar-refractivity contribution in [2.45, 2.75) is 6.92 Å². The molecule has 2 aromatic rings. The molecule has 0 spiro atoms. The molecule has 4 heteroatoms. The molecule has 4 nitrogen and oxygen atoms in total. The zero-order valence-electron chi connectivity index (χ0n) is 11.5. The fraction of sp³-hybridized carbons (Fsp3) is 0.0588. The summed E-state index contributed by atoms with van der Waals surface area (Å²) in [7, 11) is 0. The van der Waals surface area contributed by atoms with E-state index in [9.17, 15) is 14.7 Å². The summed E-state index contributed by atoms with van der Waals surface area (Å²) in [5.41, 5.74) is 1.98. The van der Waals surface area contributed by atoms with Crippen LogP contribution in [0, 0.1) is 0 Å². The third kappa shape index (κ3) is 4.31. The number of ketones is 1. The van der Waals surface area contributed by atoms with E-state index in [0.29, 0.717) is 11.3 Å². The Morgan fingerprint density at radius 3 is 2.43 bits per heavy atom. The lowest BCUT2D eigenvalue weighted by Gasteiger charge is -2.01. The number of hydrogen-bond acceptors (Lipinski definition) is 3. The second kappa shape index (κ2) is 6.52. The van der Waals surface area contributed by atoms with Gasteiger partial charge >= 0.3 is 0 Å². The highest BCUT2D eigenvalue weighted by Gasteiger charge is 2.02. The van der Waals surface area contributed by atoms with Crippen molar-refractivity contribution >= 4 is 23.5 Å². The van der Waals surface area contributed by atoms with E-state index in [1.54, 1.807) is 42.5 Å². The lowest BCUT2D eigenvalue weighted by molar-refractivity contribution is -0.114. The van der Waals surface area contributed by atoms with Gasteiger partial charge in [-0.05, 0) is 35.9 Å². The summed E-state index contributed by atoms with van der Waals surface area (Å²) in [5, 5.41) is 12.0. The van der Waals surface area contributed by atoms with Crippen LogP contribution in [0.1, 0.15) is 22.8 Å². The molecule has 0 fully saturated rings. The van der Waals surface area contributed by atoms with Gasteiger partial charge in [0.25, 0.3) is 0 Å². The zero-order chi connectivity index (χ0) is 15.2. The van der Waals surface area contributed by atoms with E-state index in [4.69, 9.17) is 0 Å². The van der Waals surface area contributed by atoms with Crippen LogP contribution in [0.15, 0.2) is 54.6 Å². The lowest BCUT2D eigenvalue weighted by Crippen LogP contribution is -2.05. The Kier molecular flexibility index (Phi) is 4.51. The number of hydrogen-bond donors (Lipinski definition) is 2. The van der Waals surface area contributed by atoms with Crippen molar-refractivity contribution in [3.8, 4) is 5.75 Å². The molecule has 106 valence electrons. The SMILES string of the molecule is CC(=O)Nc1ccc(/C=C/C(=O)c2cccc(O)c2)cc1. The molecule has 0 aromatic heterocycles. The van der Waals surface area contributed by atoms with Crippen molar-refractivity contribution in [1.82, 2.24) is 0 Å².